The summed E-state index contributed by atoms with van der Waals surface area (Å²) in [6.45, 7) is 0.791. The second-order valence-electron chi connectivity index (χ2n) is 2.41. The highest BCUT2D eigenvalue weighted by Crippen LogP contribution is 2.17. The third kappa shape index (κ3) is 2.08. The Morgan fingerprint density at radius 2 is 2.36 bits per heavy atom. The van der Waals surface area contributed by atoms with Gasteiger partial charge in [0.25, 0.3) is 0 Å². The van der Waals surface area contributed by atoms with Crippen LogP contribution in [-0.4, -0.2) is 11.5 Å². The molecule has 1 fully saturated rings. The van der Waals surface area contributed by atoms with E-state index in [0.29, 0.717) is 12.1 Å². The van der Waals surface area contributed by atoms with E-state index in [1.807, 2.05) is 0 Å². The molecule has 1 aliphatic rings. The molecule has 0 aliphatic carbocycles. The van der Waals surface area contributed by atoms with E-state index >= 15 is 0 Å². The number of nitro groups is 1. The fraction of sp³-hybridized carbons (Fsp3) is 0.667. The molecular formula is C6H9ClN2O2. The Kier molecular flexibility index (Phi) is 2.70. The minimum absolute atomic E-state index is 0.260. The molecule has 4 nitrogen and oxygen atoms in total. The maximum absolute atomic E-state index is 10.2. The smallest absolute Gasteiger partial charge is 0.356 e. The molecule has 0 radical (unpaired) electrons. The second kappa shape index (κ2) is 3.57. The van der Waals surface area contributed by atoms with E-state index in [1.165, 1.54) is 0 Å². The molecule has 1 saturated heterocycles. The molecule has 1 N–H and O–H groups in total. The number of nitrogens with one attached hydrogen (secondary N) is 1. The fourth-order valence-corrected chi connectivity index (χ4v) is 1.20. The zero-order chi connectivity index (χ0) is 8.27. The summed E-state index contributed by atoms with van der Waals surface area (Å²) in [5.74, 6) is 0. The van der Waals surface area contributed by atoms with E-state index < -0.39 is 4.92 Å². The molecule has 0 bridgehead atoms. The highest BCUT2D eigenvalue weighted by atomic mass is 35.5. The highest BCUT2D eigenvalue weighted by molar-refractivity contribution is 6.28. The van der Waals surface area contributed by atoms with Crippen molar-refractivity contribution in [1.29, 1.82) is 0 Å². The Morgan fingerprint density at radius 3 is 2.82 bits per heavy atom. The zero-order valence-corrected chi connectivity index (χ0v) is 6.73. The predicted octanol–water partition coefficient (Wildman–Crippen LogP) is 1.44. The van der Waals surface area contributed by atoms with Gasteiger partial charge in [0.1, 0.15) is 5.70 Å². The number of nitrogens with zero attached hydrogens (tertiary/aromatic N) is 1. The summed E-state index contributed by atoms with van der Waals surface area (Å²) < 4.78 is 0. The maximum Gasteiger partial charge on any atom is 0.356 e. The van der Waals surface area contributed by atoms with Gasteiger partial charge in [-0.15, -0.1) is 0 Å². The van der Waals surface area contributed by atoms with Crippen molar-refractivity contribution >= 4 is 11.6 Å². The standard InChI is InChI=1S/C6H9ClN2O2/c7-6(9(10)11)5-3-1-2-4-8-5/h8H,1-4H2. The first-order valence-electron chi connectivity index (χ1n) is 3.48. The Bertz CT molecular complexity index is 195. The third-order valence-electron chi connectivity index (χ3n) is 1.60. The van der Waals surface area contributed by atoms with Crippen LogP contribution in [0.1, 0.15) is 19.3 Å². The van der Waals surface area contributed by atoms with Gasteiger partial charge in [0.15, 0.2) is 0 Å². The quantitative estimate of drug-likeness (QED) is 0.374. The minimum Gasteiger partial charge on any atom is -0.382 e. The maximum atomic E-state index is 10.2. The minimum atomic E-state index is -0.560. The van der Waals surface area contributed by atoms with Crippen molar-refractivity contribution in [2.75, 3.05) is 6.54 Å². The molecule has 0 saturated carbocycles. The molecule has 11 heavy (non-hydrogen) atoms. The van der Waals surface area contributed by atoms with Crippen molar-refractivity contribution in [3.8, 4) is 0 Å². The number of rotatable bonds is 1. The Balaban J connectivity index is 2.68. The molecule has 0 spiro atoms. The largest absolute Gasteiger partial charge is 0.382 e. The highest BCUT2D eigenvalue weighted by Gasteiger charge is 2.17. The molecule has 0 atom stereocenters. The first kappa shape index (κ1) is 8.33. The summed E-state index contributed by atoms with van der Waals surface area (Å²) in [5, 5.41) is 12.8. The second-order valence-corrected chi connectivity index (χ2v) is 2.77. The van der Waals surface area contributed by atoms with Crippen LogP contribution in [0.2, 0.25) is 0 Å². The van der Waals surface area contributed by atoms with Crippen LogP contribution in [0.4, 0.5) is 0 Å². The van der Waals surface area contributed by atoms with E-state index in [2.05, 4.69) is 5.32 Å². The summed E-state index contributed by atoms with van der Waals surface area (Å²) in [6, 6.07) is 0. The molecule has 62 valence electrons. The van der Waals surface area contributed by atoms with Gasteiger partial charge in [-0.1, -0.05) is 0 Å². The SMILES string of the molecule is O=[N+]([O-])C(Cl)=C1CCCCN1. The lowest BCUT2D eigenvalue weighted by molar-refractivity contribution is -0.413. The third-order valence-corrected chi connectivity index (χ3v) is 1.97. The Morgan fingerprint density at radius 1 is 1.64 bits per heavy atom. The van der Waals surface area contributed by atoms with Gasteiger partial charge in [-0.25, -0.2) is 0 Å². The number of hydrogen-bond acceptors (Lipinski definition) is 3. The van der Waals surface area contributed by atoms with Gasteiger partial charge in [0.05, 0.1) is 4.92 Å². The first-order chi connectivity index (χ1) is 5.22. The first-order valence-corrected chi connectivity index (χ1v) is 3.86. The molecular weight excluding hydrogens is 168 g/mol. The van der Waals surface area contributed by atoms with Crippen molar-refractivity contribution in [3.05, 3.63) is 21.0 Å². The van der Waals surface area contributed by atoms with Crippen molar-refractivity contribution in [3.63, 3.8) is 0 Å². The molecule has 1 rings (SSSR count). The van der Waals surface area contributed by atoms with Crippen LogP contribution in [0.25, 0.3) is 0 Å². The summed E-state index contributed by atoms with van der Waals surface area (Å²) in [6.07, 6.45) is 2.73. The average Bonchev–Trinajstić information content (AvgIpc) is 2.05. The fourth-order valence-electron chi connectivity index (χ4n) is 1.04. The lowest BCUT2D eigenvalue weighted by Gasteiger charge is -2.14. The van der Waals surface area contributed by atoms with Crippen LogP contribution >= 0.6 is 11.6 Å². The number of allylic oxidation sites excluding steroid dienone is 1. The van der Waals surface area contributed by atoms with E-state index in [9.17, 15) is 10.1 Å². The van der Waals surface area contributed by atoms with Crippen LogP contribution in [0.15, 0.2) is 10.9 Å². The van der Waals surface area contributed by atoms with Gasteiger partial charge in [-0.2, -0.15) is 0 Å². The van der Waals surface area contributed by atoms with Crippen molar-refractivity contribution in [2.45, 2.75) is 19.3 Å². The summed E-state index contributed by atoms with van der Waals surface area (Å²) in [4.78, 5) is 9.61. The topological polar surface area (TPSA) is 55.2 Å². The van der Waals surface area contributed by atoms with E-state index in [-0.39, 0.29) is 5.16 Å². The van der Waals surface area contributed by atoms with Crippen molar-refractivity contribution in [1.82, 2.24) is 5.32 Å². The lowest BCUT2D eigenvalue weighted by Crippen LogP contribution is -2.22. The van der Waals surface area contributed by atoms with Gasteiger partial charge in [-0.05, 0) is 30.9 Å². The zero-order valence-electron chi connectivity index (χ0n) is 5.97. The number of hydrogen-bond donors (Lipinski definition) is 1. The average molecular weight is 177 g/mol. The molecule has 0 aromatic carbocycles. The van der Waals surface area contributed by atoms with Gasteiger partial charge in [-0.3, -0.25) is 10.1 Å². The molecule has 0 unspecified atom stereocenters. The van der Waals surface area contributed by atoms with Crippen LogP contribution in [0.5, 0.6) is 0 Å². The normalized spacial score (nSPS) is 22.3. The summed E-state index contributed by atoms with van der Waals surface area (Å²) >= 11 is 5.41. The molecule has 1 heterocycles. The monoisotopic (exact) mass is 176 g/mol. The van der Waals surface area contributed by atoms with Crippen LogP contribution in [-0.2, 0) is 0 Å². The van der Waals surface area contributed by atoms with Crippen LogP contribution in [0.3, 0.4) is 0 Å². The molecule has 1 aliphatic heterocycles. The molecule has 0 aromatic heterocycles. The van der Waals surface area contributed by atoms with Gasteiger partial charge >= 0.3 is 5.16 Å². The van der Waals surface area contributed by atoms with E-state index in [1.54, 1.807) is 0 Å². The van der Waals surface area contributed by atoms with Crippen molar-refractivity contribution in [2.24, 2.45) is 0 Å². The van der Waals surface area contributed by atoms with E-state index in [4.69, 9.17) is 11.6 Å². The van der Waals surface area contributed by atoms with Gasteiger partial charge in [0, 0.05) is 6.54 Å². The lowest BCUT2D eigenvalue weighted by atomic mass is 10.1. The predicted molar refractivity (Wildman–Crippen MR) is 41.7 cm³/mol. The van der Waals surface area contributed by atoms with Crippen molar-refractivity contribution < 1.29 is 4.92 Å². The van der Waals surface area contributed by atoms with Gasteiger partial charge < -0.3 is 5.32 Å². The summed E-state index contributed by atoms with van der Waals surface area (Å²) in [7, 11) is 0. The van der Waals surface area contributed by atoms with Crippen LogP contribution < -0.4 is 5.32 Å². The molecule has 0 amide bonds. The van der Waals surface area contributed by atoms with Crippen LogP contribution in [0, 0.1) is 10.1 Å². The Hall–Kier alpha value is -0.770. The number of halogens is 1. The molecule has 0 aromatic rings. The van der Waals surface area contributed by atoms with Gasteiger partial charge in [0.2, 0.25) is 0 Å². The Labute approximate surface area is 69.4 Å². The summed E-state index contributed by atoms with van der Waals surface area (Å²) in [5.41, 5.74) is 0.572. The van der Waals surface area contributed by atoms with E-state index in [0.717, 1.165) is 19.4 Å². The number of piperidine rings is 1. The molecule has 5 heteroatoms.